The van der Waals surface area contributed by atoms with Gasteiger partial charge < -0.3 is 29.6 Å². The van der Waals surface area contributed by atoms with Crippen LogP contribution in [0.1, 0.15) is 32.4 Å². The molecule has 1 aliphatic rings. The number of hydrogen-bond donors (Lipinski definition) is 2. The van der Waals surface area contributed by atoms with Crippen molar-refractivity contribution in [2.45, 2.75) is 26.8 Å². The zero-order valence-electron chi connectivity index (χ0n) is 16.6. The number of rotatable bonds is 8. The van der Waals surface area contributed by atoms with Gasteiger partial charge in [0.2, 0.25) is 0 Å². The third-order valence-electron chi connectivity index (χ3n) is 3.98. The maximum absolute atomic E-state index is 12.3. The molecule has 0 aliphatic carbocycles. The number of carbonyl (C=O) groups excluding carboxylic acids is 3. The van der Waals surface area contributed by atoms with Crippen LogP contribution in [0.25, 0.3) is 0 Å². The third kappa shape index (κ3) is 5.52. The molecule has 2 N–H and O–H groups in total. The van der Waals surface area contributed by atoms with E-state index in [1.54, 1.807) is 26.0 Å². The highest BCUT2D eigenvalue weighted by atomic mass is 127. The lowest BCUT2D eigenvalue weighted by atomic mass is 9.95. The van der Waals surface area contributed by atoms with Gasteiger partial charge in [-0.1, -0.05) is 0 Å². The van der Waals surface area contributed by atoms with E-state index in [4.69, 9.17) is 18.9 Å². The number of carbonyl (C=O) groups is 3. The predicted octanol–water partition coefficient (Wildman–Crippen LogP) is 2.43. The Morgan fingerprint density at radius 2 is 1.90 bits per heavy atom. The molecule has 0 spiro atoms. The van der Waals surface area contributed by atoms with Crippen molar-refractivity contribution in [3.8, 4) is 11.5 Å². The van der Waals surface area contributed by atoms with Crippen LogP contribution in [-0.4, -0.2) is 44.9 Å². The van der Waals surface area contributed by atoms with Gasteiger partial charge in [0.25, 0.3) is 0 Å². The van der Waals surface area contributed by atoms with E-state index < -0.39 is 24.0 Å². The van der Waals surface area contributed by atoms with Crippen LogP contribution >= 0.6 is 22.6 Å². The fourth-order valence-electron chi connectivity index (χ4n) is 2.82. The molecular formula is C19H23IN2O7. The number of ether oxygens (including phenoxy) is 4. The van der Waals surface area contributed by atoms with Crippen LogP contribution in [0.2, 0.25) is 0 Å². The highest BCUT2D eigenvalue weighted by Crippen LogP contribution is 2.38. The summed E-state index contributed by atoms with van der Waals surface area (Å²) in [7, 11) is 1.28. The van der Waals surface area contributed by atoms with Gasteiger partial charge in [-0.25, -0.2) is 14.4 Å². The Balaban J connectivity index is 2.45. The van der Waals surface area contributed by atoms with Crippen molar-refractivity contribution in [3.63, 3.8) is 0 Å². The van der Waals surface area contributed by atoms with Gasteiger partial charge in [-0.2, -0.15) is 0 Å². The van der Waals surface area contributed by atoms with Crippen molar-refractivity contribution < 1.29 is 33.3 Å². The Kier molecular flexibility index (Phi) is 8.11. The number of amides is 2. The van der Waals surface area contributed by atoms with E-state index >= 15 is 0 Å². The van der Waals surface area contributed by atoms with Crippen LogP contribution in [0.5, 0.6) is 11.5 Å². The van der Waals surface area contributed by atoms with Gasteiger partial charge in [0.15, 0.2) is 18.1 Å². The van der Waals surface area contributed by atoms with Gasteiger partial charge in [0, 0.05) is 5.70 Å². The topological polar surface area (TPSA) is 112 Å². The minimum absolute atomic E-state index is 0.258. The van der Waals surface area contributed by atoms with Crippen molar-refractivity contribution in [2.24, 2.45) is 0 Å². The summed E-state index contributed by atoms with van der Waals surface area (Å²) in [4.78, 5) is 35.9. The lowest BCUT2D eigenvalue weighted by molar-refractivity contribution is -0.145. The Morgan fingerprint density at radius 1 is 1.17 bits per heavy atom. The molecule has 1 aromatic carbocycles. The van der Waals surface area contributed by atoms with Crippen LogP contribution in [0, 0.1) is 3.57 Å². The Hall–Kier alpha value is -2.50. The molecule has 0 radical (unpaired) electrons. The van der Waals surface area contributed by atoms with Gasteiger partial charge in [-0.3, -0.25) is 0 Å². The largest absolute Gasteiger partial charge is 0.490 e. The molecule has 158 valence electrons. The molecule has 0 fully saturated rings. The van der Waals surface area contributed by atoms with Crippen molar-refractivity contribution >= 4 is 40.6 Å². The Morgan fingerprint density at radius 3 is 2.52 bits per heavy atom. The molecule has 0 bridgehead atoms. The molecule has 1 unspecified atom stereocenters. The molecule has 2 amide bonds. The van der Waals surface area contributed by atoms with Crippen molar-refractivity contribution in [1.82, 2.24) is 10.6 Å². The number of hydrogen-bond acceptors (Lipinski definition) is 7. The first-order chi connectivity index (χ1) is 13.8. The van der Waals surface area contributed by atoms with E-state index in [2.05, 4.69) is 10.6 Å². The number of halogens is 1. The summed E-state index contributed by atoms with van der Waals surface area (Å²) in [5, 5.41) is 5.30. The summed E-state index contributed by atoms with van der Waals surface area (Å²) < 4.78 is 21.7. The van der Waals surface area contributed by atoms with Gasteiger partial charge in [-0.05, 0) is 61.1 Å². The lowest BCUT2D eigenvalue weighted by Crippen LogP contribution is -2.45. The van der Waals surface area contributed by atoms with Gasteiger partial charge in [-0.15, -0.1) is 0 Å². The molecule has 1 heterocycles. The van der Waals surface area contributed by atoms with E-state index in [0.717, 1.165) is 0 Å². The van der Waals surface area contributed by atoms with Crippen LogP contribution in [-0.2, 0) is 19.1 Å². The second-order valence-electron chi connectivity index (χ2n) is 5.92. The van der Waals surface area contributed by atoms with E-state index in [9.17, 15) is 14.4 Å². The Bertz CT molecular complexity index is 838. The minimum atomic E-state index is -0.733. The zero-order valence-corrected chi connectivity index (χ0v) is 18.7. The first-order valence-electron chi connectivity index (χ1n) is 8.93. The average molecular weight is 518 g/mol. The third-order valence-corrected chi connectivity index (χ3v) is 4.78. The first-order valence-corrected chi connectivity index (χ1v) is 10.0. The number of methoxy groups -OCH3 is 1. The van der Waals surface area contributed by atoms with Crippen molar-refractivity contribution in [1.29, 1.82) is 0 Å². The number of allylic oxidation sites excluding steroid dienone is 1. The molecule has 1 aliphatic heterocycles. The highest BCUT2D eigenvalue weighted by Gasteiger charge is 2.33. The first kappa shape index (κ1) is 22.8. The minimum Gasteiger partial charge on any atom is -0.490 e. The number of nitrogens with one attached hydrogen (secondary N) is 2. The van der Waals surface area contributed by atoms with Crippen LogP contribution in [0.4, 0.5) is 4.79 Å². The van der Waals surface area contributed by atoms with Crippen molar-refractivity contribution in [3.05, 3.63) is 32.5 Å². The molecule has 1 aromatic rings. The molecular weight excluding hydrogens is 495 g/mol. The molecule has 0 saturated heterocycles. The molecule has 1 atom stereocenters. The molecule has 29 heavy (non-hydrogen) atoms. The van der Waals surface area contributed by atoms with Crippen LogP contribution in [0.15, 0.2) is 23.4 Å². The van der Waals surface area contributed by atoms with E-state index in [-0.39, 0.29) is 18.8 Å². The quantitative estimate of drug-likeness (QED) is 0.402. The molecule has 9 nitrogen and oxygen atoms in total. The normalized spacial score (nSPS) is 15.9. The summed E-state index contributed by atoms with van der Waals surface area (Å²) in [5.41, 5.74) is 1.29. The summed E-state index contributed by atoms with van der Waals surface area (Å²) >= 11 is 2.04. The molecule has 2 rings (SSSR count). The van der Waals surface area contributed by atoms with Gasteiger partial charge >= 0.3 is 18.0 Å². The smallest absolute Gasteiger partial charge is 0.344 e. The standard InChI is InChI=1S/C19H23IN2O7/c1-5-27-13-8-11(7-12(20)17(13)29-9-14(23)28-6-2)16-15(18(24)26-4)10(3)21-19(25)22-16/h7-8,16H,5-6,9H2,1-4H3,(H2,21,22,25). The fourth-order valence-corrected chi connectivity index (χ4v) is 3.60. The lowest BCUT2D eigenvalue weighted by Gasteiger charge is -2.28. The number of benzene rings is 1. The molecule has 0 saturated carbocycles. The average Bonchev–Trinajstić information content (AvgIpc) is 2.66. The summed E-state index contributed by atoms with van der Waals surface area (Å²) in [5.74, 6) is -0.291. The van der Waals surface area contributed by atoms with E-state index in [1.165, 1.54) is 7.11 Å². The summed E-state index contributed by atoms with van der Waals surface area (Å²) in [6, 6.07) is 2.24. The highest BCUT2D eigenvalue weighted by molar-refractivity contribution is 14.1. The molecule has 0 aromatic heterocycles. The predicted molar refractivity (Wildman–Crippen MR) is 112 cm³/mol. The Labute approximate surface area is 182 Å². The monoisotopic (exact) mass is 518 g/mol. The van der Waals surface area contributed by atoms with Gasteiger partial charge in [0.1, 0.15) is 0 Å². The van der Waals surface area contributed by atoms with Gasteiger partial charge in [0.05, 0.1) is 35.5 Å². The summed E-state index contributed by atoms with van der Waals surface area (Å²) in [6.07, 6.45) is 0. The maximum atomic E-state index is 12.3. The number of esters is 2. The van der Waals surface area contributed by atoms with Crippen molar-refractivity contribution in [2.75, 3.05) is 26.9 Å². The molecule has 10 heteroatoms. The zero-order chi connectivity index (χ0) is 21.6. The fraction of sp³-hybridized carbons (Fsp3) is 0.421. The van der Waals surface area contributed by atoms with E-state index in [1.807, 2.05) is 29.5 Å². The second-order valence-corrected chi connectivity index (χ2v) is 7.08. The van der Waals surface area contributed by atoms with Crippen LogP contribution < -0.4 is 20.1 Å². The van der Waals surface area contributed by atoms with E-state index in [0.29, 0.717) is 32.9 Å². The van der Waals surface area contributed by atoms with Crippen LogP contribution in [0.3, 0.4) is 0 Å². The SMILES string of the molecule is CCOC(=O)COc1c(I)cc(C2NC(=O)NC(C)=C2C(=O)OC)cc1OCC. The number of urea groups is 1. The summed E-state index contributed by atoms with van der Waals surface area (Å²) in [6.45, 7) is 5.50. The maximum Gasteiger partial charge on any atom is 0.344 e. The second kappa shape index (κ2) is 10.3.